The molecule has 1 atom stereocenters. The molecule has 0 bridgehead atoms. The number of ether oxygens (including phenoxy) is 1. The summed E-state index contributed by atoms with van der Waals surface area (Å²) in [4.78, 5) is 24.1. The molecule has 1 unspecified atom stereocenters. The van der Waals surface area contributed by atoms with Crippen molar-refractivity contribution in [3.8, 4) is 0 Å². The highest BCUT2D eigenvalue weighted by atomic mass is 19.3. The van der Waals surface area contributed by atoms with Crippen molar-refractivity contribution in [2.75, 3.05) is 26.2 Å². The quantitative estimate of drug-likeness (QED) is 0.552. The maximum Gasteiger partial charge on any atom is 0.377 e. The van der Waals surface area contributed by atoms with Crippen molar-refractivity contribution in [2.45, 2.75) is 38.7 Å². The van der Waals surface area contributed by atoms with Crippen molar-refractivity contribution in [3.63, 3.8) is 0 Å². The molecule has 1 fully saturated rings. The van der Waals surface area contributed by atoms with Gasteiger partial charge in [-0.2, -0.15) is 8.78 Å². The zero-order valence-corrected chi connectivity index (χ0v) is 11.2. The molecule has 0 saturated carbocycles. The predicted molar refractivity (Wildman–Crippen MR) is 64.9 cm³/mol. The van der Waals surface area contributed by atoms with Gasteiger partial charge in [0.15, 0.2) is 0 Å². The van der Waals surface area contributed by atoms with Gasteiger partial charge in [-0.3, -0.25) is 4.79 Å². The molecule has 0 aromatic heterocycles. The first-order valence-corrected chi connectivity index (χ1v) is 6.48. The van der Waals surface area contributed by atoms with E-state index in [0.29, 0.717) is 26.1 Å². The second kappa shape index (κ2) is 6.79. The van der Waals surface area contributed by atoms with Gasteiger partial charge in [0, 0.05) is 32.6 Å². The second-order valence-electron chi connectivity index (χ2n) is 4.46. The first-order chi connectivity index (χ1) is 8.90. The maximum atomic E-state index is 12.9. The number of amides is 1. The maximum absolute atomic E-state index is 12.9. The van der Waals surface area contributed by atoms with Gasteiger partial charge < -0.3 is 15.0 Å². The van der Waals surface area contributed by atoms with Crippen LogP contribution < -0.4 is 5.32 Å². The zero-order valence-electron chi connectivity index (χ0n) is 11.2. The van der Waals surface area contributed by atoms with Crippen LogP contribution >= 0.6 is 0 Å². The van der Waals surface area contributed by atoms with Crippen molar-refractivity contribution >= 4 is 11.9 Å². The molecule has 0 aliphatic carbocycles. The summed E-state index contributed by atoms with van der Waals surface area (Å²) in [6, 6.07) is 0. The zero-order chi connectivity index (χ0) is 14.5. The van der Waals surface area contributed by atoms with Crippen LogP contribution in [0.2, 0.25) is 0 Å². The number of hydrogen-bond donors (Lipinski definition) is 1. The third-order valence-corrected chi connectivity index (χ3v) is 3.06. The van der Waals surface area contributed by atoms with Crippen LogP contribution in [0.1, 0.15) is 26.7 Å². The molecule has 7 heteroatoms. The van der Waals surface area contributed by atoms with E-state index in [1.165, 1.54) is 0 Å². The Morgan fingerprint density at radius 3 is 2.58 bits per heavy atom. The van der Waals surface area contributed by atoms with E-state index in [1.54, 1.807) is 4.90 Å². The van der Waals surface area contributed by atoms with E-state index >= 15 is 0 Å². The number of nitrogens with one attached hydrogen (secondary N) is 1. The Morgan fingerprint density at radius 2 is 2.11 bits per heavy atom. The largest absolute Gasteiger partial charge is 0.456 e. The molecule has 19 heavy (non-hydrogen) atoms. The normalized spacial score (nSPS) is 21.3. The van der Waals surface area contributed by atoms with Crippen LogP contribution in [0, 0.1) is 0 Å². The van der Waals surface area contributed by atoms with Crippen molar-refractivity contribution in [2.24, 2.45) is 0 Å². The smallest absolute Gasteiger partial charge is 0.377 e. The molecule has 0 aromatic rings. The molecule has 1 aliphatic rings. The monoisotopic (exact) mass is 278 g/mol. The van der Waals surface area contributed by atoms with Crippen LogP contribution in [0.15, 0.2) is 0 Å². The molecule has 0 aromatic carbocycles. The summed E-state index contributed by atoms with van der Waals surface area (Å²) >= 11 is 0. The average Bonchev–Trinajstić information content (AvgIpc) is 2.60. The number of halogens is 2. The van der Waals surface area contributed by atoms with Crippen molar-refractivity contribution < 1.29 is 23.1 Å². The summed E-state index contributed by atoms with van der Waals surface area (Å²) in [5.74, 6) is -4.81. The van der Waals surface area contributed by atoms with Gasteiger partial charge in [0.05, 0.1) is 6.42 Å². The standard InChI is InChI=1S/C12H20F2N2O3/c1-3-16(4-2)10(17)5-6-15-8-9-7-12(13,14)11(18)19-9/h9,15H,3-8H2,1-2H3. The molecule has 1 rings (SSSR count). The Hall–Kier alpha value is -1.24. The van der Waals surface area contributed by atoms with E-state index in [4.69, 9.17) is 0 Å². The summed E-state index contributed by atoms with van der Waals surface area (Å²) in [6.45, 7) is 5.63. The molecule has 1 heterocycles. The van der Waals surface area contributed by atoms with Crippen LogP contribution in [0.4, 0.5) is 8.78 Å². The lowest BCUT2D eigenvalue weighted by atomic mass is 10.2. The number of nitrogens with zero attached hydrogens (tertiary/aromatic N) is 1. The van der Waals surface area contributed by atoms with Gasteiger partial charge in [0.1, 0.15) is 6.10 Å². The Balaban J connectivity index is 2.19. The van der Waals surface area contributed by atoms with Crippen LogP contribution in [-0.2, 0) is 14.3 Å². The van der Waals surface area contributed by atoms with Gasteiger partial charge in [0.25, 0.3) is 0 Å². The van der Waals surface area contributed by atoms with E-state index < -0.39 is 24.4 Å². The summed E-state index contributed by atoms with van der Waals surface area (Å²) in [6.07, 6.45) is -1.10. The minimum absolute atomic E-state index is 0.0197. The molecule has 1 aliphatic heterocycles. The van der Waals surface area contributed by atoms with E-state index in [1.807, 2.05) is 13.8 Å². The SMILES string of the molecule is CCN(CC)C(=O)CCNCC1CC(F)(F)C(=O)O1. The fourth-order valence-corrected chi connectivity index (χ4v) is 1.96. The van der Waals surface area contributed by atoms with Crippen LogP contribution in [-0.4, -0.2) is 55.0 Å². The lowest BCUT2D eigenvalue weighted by molar-refractivity contribution is -0.159. The molecule has 1 saturated heterocycles. The number of cyclic esters (lactones) is 1. The van der Waals surface area contributed by atoms with Crippen molar-refractivity contribution in [3.05, 3.63) is 0 Å². The highest BCUT2D eigenvalue weighted by molar-refractivity contribution is 5.79. The minimum Gasteiger partial charge on any atom is -0.456 e. The highest BCUT2D eigenvalue weighted by Crippen LogP contribution is 2.30. The molecular weight excluding hydrogens is 258 g/mol. The van der Waals surface area contributed by atoms with Gasteiger partial charge >= 0.3 is 11.9 Å². The van der Waals surface area contributed by atoms with Crippen molar-refractivity contribution in [1.29, 1.82) is 0 Å². The Morgan fingerprint density at radius 1 is 1.47 bits per heavy atom. The molecule has 1 amide bonds. The van der Waals surface area contributed by atoms with Gasteiger partial charge in [-0.05, 0) is 13.8 Å². The number of hydrogen-bond acceptors (Lipinski definition) is 4. The lowest BCUT2D eigenvalue weighted by Crippen LogP contribution is -2.34. The van der Waals surface area contributed by atoms with Crippen LogP contribution in [0.25, 0.3) is 0 Å². The summed E-state index contributed by atoms with van der Waals surface area (Å²) in [5, 5.41) is 2.86. The Labute approximate surface area is 111 Å². The minimum atomic E-state index is -3.37. The fourth-order valence-electron chi connectivity index (χ4n) is 1.96. The Kier molecular flexibility index (Phi) is 5.65. The lowest BCUT2D eigenvalue weighted by Gasteiger charge is -2.18. The van der Waals surface area contributed by atoms with Crippen molar-refractivity contribution in [1.82, 2.24) is 10.2 Å². The molecule has 110 valence electrons. The summed E-state index contributed by atoms with van der Waals surface area (Å²) in [7, 11) is 0. The topological polar surface area (TPSA) is 58.6 Å². The van der Waals surface area contributed by atoms with Crippen LogP contribution in [0.5, 0.6) is 0 Å². The van der Waals surface area contributed by atoms with E-state index in [-0.39, 0.29) is 12.5 Å². The van der Waals surface area contributed by atoms with Gasteiger partial charge in [-0.25, -0.2) is 4.79 Å². The summed E-state index contributed by atoms with van der Waals surface area (Å²) < 4.78 is 30.2. The predicted octanol–water partition coefficient (Wildman–Crippen LogP) is 0.785. The molecular formula is C12H20F2N2O3. The molecule has 1 N–H and O–H groups in total. The average molecular weight is 278 g/mol. The summed E-state index contributed by atoms with van der Waals surface area (Å²) in [5.41, 5.74) is 0. The Bertz CT molecular complexity index is 333. The number of alkyl halides is 2. The van der Waals surface area contributed by atoms with Crippen LogP contribution in [0.3, 0.4) is 0 Å². The van der Waals surface area contributed by atoms with Gasteiger partial charge in [0.2, 0.25) is 5.91 Å². The van der Waals surface area contributed by atoms with E-state index in [0.717, 1.165) is 0 Å². The number of rotatable bonds is 7. The number of carbonyl (C=O) groups is 2. The highest BCUT2D eigenvalue weighted by Gasteiger charge is 2.50. The first-order valence-electron chi connectivity index (χ1n) is 6.48. The van der Waals surface area contributed by atoms with E-state index in [9.17, 15) is 18.4 Å². The first kappa shape index (κ1) is 15.8. The third kappa shape index (κ3) is 4.41. The fraction of sp³-hybridized carbons (Fsp3) is 0.833. The van der Waals surface area contributed by atoms with E-state index in [2.05, 4.69) is 10.1 Å². The molecule has 5 nitrogen and oxygen atoms in total. The number of carbonyl (C=O) groups excluding carboxylic acids is 2. The second-order valence-corrected chi connectivity index (χ2v) is 4.46. The number of esters is 1. The van der Waals surface area contributed by atoms with Gasteiger partial charge in [-0.15, -0.1) is 0 Å². The molecule has 0 radical (unpaired) electrons. The third-order valence-electron chi connectivity index (χ3n) is 3.06. The van der Waals surface area contributed by atoms with Gasteiger partial charge in [-0.1, -0.05) is 0 Å². The molecule has 0 spiro atoms.